The molecule has 0 aromatic carbocycles. The van der Waals surface area contributed by atoms with E-state index in [1.54, 1.807) is 0 Å². The van der Waals surface area contributed by atoms with Gasteiger partial charge in [-0.2, -0.15) is 0 Å². The lowest BCUT2D eigenvalue weighted by Crippen LogP contribution is -2.34. The topological polar surface area (TPSA) is 12.0 Å². The summed E-state index contributed by atoms with van der Waals surface area (Å²) in [6, 6.07) is 1.48. The maximum Gasteiger partial charge on any atom is 0.00694 e. The Bertz CT molecular complexity index is 91.0. The number of rotatable bonds is 2. The lowest BCUT2D eigenvalue weighted by atomic mass is 10.1. The maximum atomic E-state index is 3.62. The van der Waals surface area contributed by atoms with Crippen molar-refractivity contribution >= 4 is 0 Å². The van der Waals surface area contributed by atoms with Crippen molar-refractivity contribution in [1.82, 2.24) is 5.32 Å². The summed E-state index contributed by atoms with van der Waals surface area (Å²) in [5, 5.41) is 3.62. The zero-order valence-electron chi connectivity index (χ0n) is 7.90. The van der Waals surface area contributed by atoms with Crippen molar-refractivity contribution in [2.45, 2.75) is 64.5 Å². The van der Waals surface area contributed by atoms with E-state index in [0.717, 1.165) is 6.04 Å². The van der Waals surface area contributed by atoms with E-state index >= 15 is 0 Å². The van der Waals surface area contributed by atoms with E-state index in [4.69, 9.17) is 0 Å². The molecule has 66 valence electrons. The summed E-state index contributed by atoms with van der Waals surface area (Å²) in [7, 11) is 0. The van der Waals surface area contributed by atoms with E-state index in [1.807, 2.05) is 0 Å². The van der Waals surface area contributed by atoms with Crippen LogP contribution < -0.4 is 5.32 Å². The van der Waals surface area contributed by atoms with E-state index in [1.165, 1.54) is 38.5 Å². The van der Waals surface area contributed by atoms with Gasteiger partial charge in [-0.15, -0.1) is 0 Å². The van der Waals surface area contributed by atoms with Gasteiger partial charge < -0.3 is 5.32 Å². The maximum absolute atomic E-state index is 3.62. The molecule has 0 heterocycles. The number of hydrogen-bond donors (Lipinski definition) is 1. The van der Waals surface area contributed by atoms with Crippen LogP contribution in [0.2, 0.25) is 0 Å². The normalized spacial score (nSPS) is 22.1. The van der Waals surface area contributed by atoms with Gasteiger partial charge in [-0.1, -0.05) is 39.5 Å². The molecular weight excluding hydrogens is 134 g/mol. The molecule has 0 saturated heterocycles. The lowest BCUT2D eigenvalue weighted by molar-refractivity contribution is 0.422. The molecule has 1 heteroatoms. The standard InChI is InChI=1S/C10H21N/c1-9(2)11-10-7-5-3-4-6-8-10/h9-11H,3-8H2,1-2H3. The fraction of sp³-hybridized carbons (Fsp3) is 1.00. The van der Waals surface area contributed by atoms with Crippen molar-refractivity contribution in [1.29, 1.82) is 0 Å². The molecule has 11 heavy (non-hydrogen) atoms. The Labute approximate surface area is 70.6 Å². The van der Waals surface area contributed by atoms with Crippen LogP contribution in [0, 0.1) is 0 Å². The highest BCUT2D eigenvalue weighted by Gasteiger charge is 2.11. The molecule has 0 unspecified atom stereocenters. The van der Waals surface area contributed by atoms with Gasteiger partial charge in [0.15, 0.2) is 0 Å². The molecule has 0 radical (unpaired) electrons. The third-order valence-corrected chi connectivity index (χ3v) is 2.42. The average Bonchev–Trinajstić information content (AvgIpc) is 2.14. The van der Waals surface area contributed by atoms with Crippen LogP contribution in [0.5, 0.6) is 0 Å². The molecule has 0 bridgehead atoms. The van der Waals surface area contributed by atoms with Gasteiger partial charge in [-0.3, -0.25) is 0 Å². The van der Waals surface area contributed by atoms with Crippen molar-refractivity contribution in [2.75, 3.05) is 0 Å². The van der Waals surface area contributed by atoms with Crippen LogP contribution in [-0.4, -0.2) is 12.1 Å². The quantitative estimate of drug-likeness (QED) is 0.605. The molecule has 1 saturated carbocycles. The van der Waals surface area contributed by atoms with Crippen LogP contribution in [0.3, 0.4) is 0 Å². The van der Waals surface area contributed by atoms with Gasteiger partial charge in [0, 0.05) is 12.1 Å². The molecule has 1 aliphatic carbocycles. The lowest BCUT2D eigenvalue weighted by Gasteiger charge is -2.18. The first-order valence-corrected chi connectivity index (χ1v) is 5.05. The van der Waals surface area contributed by atoms with Gasteiger partial charge in [-0.05, 0) is 12.8 Å². The highest BCUT2D eigenvalue weighted by atomic mass is 14.9. The fourth-order valence-corrected chi connectivity index (χ4v) is 1.92. The van der Waals surface area contributed by atoms with Crippen molar-refractivity contribution in [3.63, 3.8) is 0 Å². The van der Waals surface area contributed by atoms with Crippen molar-refractivity contribution in [2.24, 2.45) is 0 Å². The molecule has 0 spiro atoms. The summed E-state index contributed by atoms with van der Waals surface area (Å²) < 4.78 is 0. The van der Waals surface area contributed by atoms with Gasteiger partial charge >= 0.3 is 0 Å². The molecule has 0 amide bonds. The van der Waals surface area contributed by atoms with E-state index in [9.17, 15) is 0 Å². The monoisotopic (exact) mass is 155 g/mol. The highest BCUT2D eigenvalue weighted by molar-refractivity contribution is 4.71. The molecule has 1 fully saturated rings. The van der Waals surface area contributed by atoms with Crippen molar-refractivity contribution < 1.29 is 0 Å². The van der Waals surface area contributed by atoms with Gasteiger partial charge in [0.1, 0.15) is 0 Å². The minimum atomic E-state index is 0.665. The molecule has 1 N–H and O–H groups in total. The second kappa shape index (κ2) is 4.76. The smallest absolute Gasteiger partial charge is 0.00694 e. The third kappa shape index (κ3) is 3.76. The summed E-state index contributed by atoms with van der Waals surface area (Å²) in [5.74, 6) is 0. The Hall–Kier alpha value is -0.0400. The predicted octanol–water partition coefficient (Wildman–Crippen LogP) is 2.71. The van der Waals surface area contributed by atoms with Crippen LogP contribution >= 0.6 is 0 Å². The number of hydrogen-bond acceptors (Lipinski definition) is 1. The van der Waals surface area contributed by atoms with Crippen LogP contribution in [0.4, 0.5) is 0 Å². The van der Waals surface area contributed by atoms with E-state index in [2.05, 4.69) is 19.2 Å². The SMILES string of the molecule is CC(C)NC1CCCCCC1. The highest BCUT2D eigenvalue weighted by Crippen LogP contribution is 2.17. The van der Waals surface area contributed by atoms with E-state index in [-0.39, 0.29) is 0 Å². The first-order valence-electron chi connectivity index (χ1n) is 5.05. The largest absolute Gasteiger partial charge is 0.312 e. The molecule has 0 aromatic heterocycles. The third-order valence-electron chi connectivity index (χ3n) is 2.42. The minimum absolute atomic E-state index is 0.665. The Balaban J connectivity index is 2.20. The summed E-state index contributed by atoms with van der Waals surface area (Å²) in [6.07, 6.45) is 8.58. The minimum Gasteiger partial charge on any atom is -0.312 e. The molecule has 0 aliphatic heterocycles. The Morgan fingerprint density at radius 2 is 1.55 bits per heavy atom. The fourth-order valence-electron chi connectivity index (χ4n) is 1.92. The molecular formula is C10H21N. The van der Waals surface area contributed by atoms with E-state index < -0.39 is 0 Å². The van der Waals surface area contributed by atoms with Gasteiger partial charge in [-0.25, -0.2) is 0 Å². The Morgan fingerprint density at radius 3 is 2.00 bits per heavy atom. The molecule has 0 atom stereocenters. The zero-order valence-corrected chi connectivity index (χ0v) is 7.90. The number of nitrogens with one attached hydrogen (secondary N) is 1. The first kappa shape index (κ1) is 9.05. The summed E-state index contributed by atoms with van der Waals surface area (Å²) in [6.45, 7) is 4.48. The Morgan fingerprint density at radius 1 is 1.00 bits per heavy atom. The van der Waals surface area contributed by atoms with Gasteiger partial charge in [0.25, 0.3) is 0 Å². The molecule has 1 rings (SSSR count). The summed E-state index contributed by atoms with van der Waals surface area (Å²) in [4.78, 5) is 0. The van der Waals surface area contributed by atoms with Crippen LogP contribution in [0.1, 0.15) is 52.4 Å². The average molecular weight is 155 g/mol. The predicted molar refractivity (Wildman–Crippen MR) is 49.8 cm³/mol. The summed E-state index contributed by atoms with van der Waals surface area (Å²) in [5.41, 5.74) is 0. The first-order chi connectivity index (χ1) is 5.29. The summed E-state index contributed by atoms with van der Waals surface area (Å²) >= 11 is 0. The van der Waals surface area contributed by atoms with Crippen LogP contribution in [-0.2, 0) is 0 Å². The zero-order chi connectivity index (χ0) is 8.10. The molecule has 1 aliphatic rings. The van der Waals surface area contributed by atoms with Crippen molar-refractivity contribution in [3.8, 4) is 0 Å². The van der Waals surface area contributed by atoms with Crippen molar-refractivity contribution in [3.05, 3.63) is 0 Å². The van der Waals surface area contributed by atoms with Crippen LogP contribution in [0.15, 0.2) is 0 Å². The van der Waals surface area contributed by atoms with E-state index in [0.29, 0.717) is 6.04 Å². The molecule has 0 aromatic rings. The van der Waals surface area contributed by atoms with Gasteiger partial charge in [0.05, 0.1) is 0 Å². The van der Waals surface area contributed by atoms with Crippen LogP contribution in [0.25, 0.3) is 0 Å². The van der Waals surface area contributed by atoms with Gasteiger partial charge in [0.2, 0.25) is 0 Å². The second-order valence-electron chi connectivity index (χ2n) is 4.01. The second-order valence-corrected chi connectivity index (χ2v) is 4.01. The Kier molecular flexibility index (Phi) is 3.92. The molecule has 1 nitrogen and oxygen atoms in total.